The van der Waals surface area contributed by atoms with Crippen LogP contribution in [-0.4, -0.2) is 75.9 Å². The number of unbranched alkanes of at least 4 members (excludes halogenated alkanes) is 8. The zero-order chi connectivity index (χ0) is 46.6. The predicted molar refractivity (Wildman–Crippen MR) is 240 cm³/mol. The minimum atomic E-state index is -0.985. The summed E-state index contributed by atoms with van der Waals surface area (Å²) in [7, 11) is 7.43. The Morgan fingerprint density at radius 3 is 1.79 bits per heavy atom. The minimum Gasteiger partial charge on any atom is -0.462 e. The molecule has 3 unspecified atom stereocenters. The molecule has 0 heterocycles. The summed E-state index contributed by atoms with van der Waals surface area (Å²) in [4.78, 5) is 75.5. The molecule has 2 radical (unpaired) electrons. The Labute approximate surface area is 379 Å². The lowest BCUT2D eigenvalue weighted by molar-refractivity contribution is -0.168. The number of Topliss-reactive ketones (excluding diaryl/α,β-unsaturated/α-hetero) is 1. The first-order valence-electron chi connectivity index (χ1n) is 24.2. The number of rotatable bonds is 25. The first-order chi connectivity index (χ1) is 30.0. The summed E-state index contributed by atoms with van der Waals surface area (Å²) < 4.78 is 32.3. The average molecular weight is 883 g/mol. The van der Waals surface area contributed by atoms with Crippen molar-refractivity contribution < 1.29 is 57.2 Å². The number of esters is 4. The van der Waals surface area contributed by atoms with Gasteiger partial charge in [0.25, 0.3) is 0 Å². The van der Waals surface area contributed by atoms with E-state index in [9.17, 15) is 28.8 Å². The number of ether oxygens (including phenoxy) is 6. The van der Waals surface area contributed by atoms with Crippen LogP contribution < -0.4 is 0 Å². The summed E-state index contributed by atoms with van der Waals surface area (Å²) in [5.74, 6) is -1.13. The van der Waals surface area contributed by atoms with Gasteiger partial charge in [-0.15, -0.1) is 12.8 Å². The third kappa shape index (κ3) is 15.5. The molecule has 4 rings (SSSR count). The Balaban J connectivity index is 0.00000520. The van der Waals surface area contributed by atoms with E-state index in [1.54, 1.807) is 13.8 Å². The number of carbonyl (C=O) groups excluding carboxylic acids is 6. The van der Waals surface area contributed by atoms with Crippen molar-refractivity contribution in [2.75, 3.05) is 20.0 Å². The van der Waals surface area contributed by atoms with Crippen molar-refractivity contribution in [3.05, 3.63) is 0 Å². The maximum Gasteiger partial charge on any atom is 0.511 e. The molecule has 354 valence electrons. The van der Waals surface area contributed by atoms with E-state index in [1.165, 1.54) is 0 Å². The summed E-state index contributed by atoms with van der Waals surface area (Å²) in [6.07, 6.45) is 24.0. The van der Waals surface area contributed by atoms with Crippen LogP contribution >= 0.6 is 0 Å². The van der Waals surface area contributed by atoms with Crippen LogP contribution in [0.1, 0.15) is 189 Å². The largest absolute Gasteiger partial charge is 0.511 e. The van der Waals surface area contributed by atoms with Crippen LogP contribution in [0.15, 0.2) is 0 Å². The van der Waals surface area contributed by atoms with E-state index in [4.69, 9.17) is 36.3 Å². The average Bonchev–Trinajstić information content (AvgIpc) is 3.61. The van der Waals surface area contributed by atoms with E-state index >= 15 is 0 Å². The van der Waals surface area contributed by atoms with Crippen molar-refractivity contribution in [3.8, 4) is 12.8 Å². The summed E-state index contributed by atoms with van der Waals surface area (Å²) in [5.41, 5.74) is 0.00466. The summed E-state index contributed by atoms with van der Waals surface area (Å²) in [5, 5.41) is -0.286. The van der Waals surface area contributed by atoms with Gasteiger partial charge in [-0.25, -0.2) is 4.79 Å². The molecular formula is C50H79BO12. The highest BCUT2D eigenvalue weighted by Gasteiger charge is 2.65. The van der Waals surface area contributed by atoms with Crippen LogP contribution in [-0.2, 0) is 52.4 Å². The van der Waals surface area contributed by atoms with Crippen molar-refractivity contribution in [1.82, 2.24) is 0 Å². The molecule has 12 nitrogen and oxygen atoms in total. The number of carbonyl (C=O) groups is 6. The first-order valence-corrected chi connectivity index (χ1v) is 24.2. The molecule has 0 spiro atoms. The van der Waals surface area contributed by atoms with Crippen molar-refractivity contribution in [2.45, 2.75) is 207 Å². The highest BCUT2D eigenvalue weighted by atomic mass is 16.8. The molecular weight excluding hydrogens is 803 g/mol. The Morgan fingerprint density at radius 2 is 1.21 bits per heavy atom. The first kappa shape index (κ1) is 53.8. The van der Waals surface area contributed by atoms with Crippen molar-refractivity contribution in [2.24, 2.45) is 40.4 Å². The zero-order valence-corrected chi connectivity index (χ0v) is 39.6. The second-order valence-electron chi connectivity index (χ2n) is 19.6. The predicted octanol–water partition coefficient (Wildman–Crippen LogP) is 10.4. The summed E-state index contributed by atoms with van der Waals surface area (Å²) in [6.45, 7) is 11.2. The molecule has 4 aliphatic carbocycles. The fraction of sp³-hybridized carbons (Fsp3) is 0.840. The van der Waals surface area contributed by atoms with Gasteiger partial charge in [-0.2, -0.15) is 0 Å². The monoisotopic (exact) mass is 883 g/mol. The number of hydrogen-bond donors (Lipinski definition) is 0. The van der Waals surface area contributed by atoms with E-state index < -0.39 is 48.8 Å². The lowest BCUT2D eigenvalue weighted by atomic mass is 9.33. The van der Waals surface area contributed by atoms with Gasteiger partial charge in [0.05, 0.1) is 7.85 Å². The van der Waals surface area contributed by atoms with Crippen molar-refractivity contribution >= 4 is 43.7 Å². The standard InChI is InChI=1S/C48H77BO12.C2H2/c1-7-9-11-13-15-17-41(51)56-30-37(31-57-42(52)18-16-14-12-10-8-2)60-44(54)28-33(3)27-43(53)58-32-59-45(55)61-36-22-24-46(5)35(29-36)21-26-48(49)39-20-19-38(34(4)50)47(39,6)25-23-40(46)48;1-2/h33,35-40H,7-32H2,1-6H3;1-2H/t33-,35?,36+,38+,39?,40?,46-,47+,48+;/m0./s1. The van der Waals surface area contributed by atoms with E-state index in [2.05, 4.69) is 40.5 Å². The molecule has 0 saturated heterocycles. The van der Waals surface area contributed by atoms with Crippen molar-refractivity contribution in [3.63, 3.8) is 0 Å². The van der Waals surface area contributed by atoms with Crippen LogP contribution in [0.2, 0.25) is 5.31 Å². The van der Waals surface area contributed by atoms with E-state index in [0.29, 0.717) is 42.8 Å². The van der Waals surface area contributed by atoms with Crippen LogP contribution in [0.5, 0.6) is 0 Å². The number of fused-ring (bicyclic) bond motifs is 5. The third-order valence-corrected chi connectivity index (χ3v) is 15.1. The molecule has 9 atom stereocenters. The number of hydrogen-bond acceptors (Lipinski definition) is 12. The number of ketones is 1. The van der Waals surface area contributed by atoms with Gasteiger partial charge in [-0.05, 0) is 106 Å². The molecule has 63 heavy (non-hydrogen) atoms. The zero-order valence-electron chi connectivity index (χ0n) is 39.6. The SMILES string of the molecule is C#C.[B][C@@]12CCC3C[C@H](OC(=O)OCOC(=O)C[C@H](C)CC(=O)OC(COC(=O)CCCCCCC)COC(=O)CCCCCCC)CC[C@]3(C)C1CC[C@@]1(C)C2CC[C@@H]1C(C)=O. The summed E-state index contributed by atoms with van der Waals surface area (Å²) >= 11 is 0. The topological polar surface area (TPSA) is 158 Å². The Morgan fingerprint density at radius 1 is 0.651 bits per heavy atom. The Bertz CT molecular complexity index is 1480. The van der Waals surface area contributed by atoms with Crippen LogP contribution in [0.4, 0.5) is 4.79 Å². The van der Waals surface area contributed by atoms with Gasteiger partial charge in [0.1, 0.15) is 25.1 Å². The fourth-order valence-corrected chi connectivity index (χ4v) is 11.8. The lowest BCUT2D eigenvalue weighted by Gasteiger charge is -2.66. The third-order valence-electron chi connectivity index (χ3n) is 15.1. The minimum absolute atomic E-state index is 0.0292. The summed E-state index contributed by atoms with van der Waals surface area (Å²) in [6, 6.07) is 0. The van der Waals surface area contributed by atoms with E-state index in [1.807, 2.05) is 0 Å². The van der Waals surface area contributed by atoms with Gasteiger partial charge >= 0.3 is 30.0 Å². The molecule has 4 fully saturated rings. The van der Waals surface area contributed by atoms with Gasteiger partial charge in [0.15, 0.2) is 6.10 Å². The van der Waals surface area contributed by atoms with Gasteiger partial charge in [0.2, 0.25) is 6.79 Å². The fourth-order valence-electron chi connectivity index (χ4n) is 11.8. The smallest absolute Gasteiger partial charge is 0.462 e. The molecule has 0 bridgehead atoms. The molecule has 4 aliphatic rings. The van der Waals surface area contributed by atoms with Gasteiger partial charge in [-0.3, -0.25) is 24.0 Å². The van der Waals surface area contributed by atoms with Gasteiger partial charge in [-0.1, -0.05) is 97.7 Å². The maximum atomic E-state index is 12.9. The van der Waals surface area contributed by atoms with Gasteiger partial charge < -0.3 is 28.4 Å². The van der Waals surface area contributed by atoms with Crippen molar-refractivity contribution in [1.29, 1.82) is 0 Å². The van der Waals surface area contributed by atoms with Crippen LogP contribution in [0, 0.1) is 53.3 Å². The highest BCUT2D eigenvalue weighted by Crippen LogP contribution is 2.74. The van der Waals surface area contributed by atoms with Crippen LogP contribution in [0.25, 0.3) is 0 Å². The maximum absolute atomic E-state index is 12.9. The molecule has 0 aromatic heterocycles. The highest BCUT2D eigenvalue weighted by molar-refractivity contribution is 6.16. The van der Waals surface area contributed by atoms with Gasteiger partial charge in [0, 0.05) is 31.6 Å². The quantitative estimate of drug-likeness (QED) is 0.0214. The van der Waals surface area contributed by atoms with Crippen LogP contribution in [0.3, 0.4) is 0 Å². The molecule has 0 aromatic carbocycles. The molecule has 0 amide bonds. The second kappa shape index (κ2) is 26.4. The van der Waals surface area contributed by atoms with E-state index in [-0.39, 0.29) is 67.1 Å². The second-order valence-corrected chi connectivity index (χ2v) is 19.6. The molecule has 13 heteroatoms. The molecule has 4 saturated carbocycles. The Hall–Kier alpha value is -3.56. The lowest BCUT2D eigenvalue weighted by Crippen LogP contribution is -2.57. The van der Waals surface area contributed by atoms with E-state index in [0.717, 1.165) is 103 Å². The Kier molecular flexibility index (Phi) is 22.6. The molecule has 0 aromatic rings. The molecule has 0 aliphatic heterocycles. The number of terminal acetylenes is 1. The molecule has 0 N–H and O–H groups in total. The normalized spacial score (nSPS) is 28.7.